The molecule has 2 N–H and O–H groups in total. The van der Waals surface area contributed by atoms with E-state index < -0.39 is 0 Å². The first-order valence-electron chi connectivity index (χ1n) is 32.5. The standard InChI is InChI=1S/C48H39BN4O.C34H27BN4O.2CH4/c1-48(2,3)36-28-43-46-44(29-36)53(31-33-16-8-5-9-17-33)42-24-22-35(47-51-40-19-10-11-20-45(40)54-47)27-38(42)49(46)37-26-34(39-18-12-13-25-50-39)21-23-41(37)52(43)30-32-14-6-4-7-15-32;1-34(2,3)22-18-29-32-30(19-22)38-27-14-12-21(33-39-28-9-4-5-10-31(28)40-33)17-24(27)35(32)23-16-20(11-13-26(23)37-29)25-8-6-7-15-36-25;;/h4-29H,30-31H2,1-3H3;4-19,37-38H,1-3H3;2*1H4. The van der Waals surface area contributed by atoms with Crippen molar-refractivity contribution < 1.29 is 8.83 Å². The number of benzene rings is 10. The number of nitrogens with zero attached hydrogens (tertiary/aromatic N) is 6. The van der Waals surface area contributed by atoms with Crippen LogP contribution in [0.4, 0.5) is 45.5 Å². The van der Waals surface area contributed by atoms with Gasteiger partial charge in [-0.2, -0.15) is 0 Å². The van der Waals surface area contributed by atoms with Crippen LogP contribution in [-0.4, -0.2) is 33.4 Å². The fraction of sp³-hybridized carbons (Fsp3) is 0.143. The van der Waals surface area contributed by atoms with Crippen LogP contribution in [0.3, 0.4) is 0 Å². The molecule has 0 amide bonds. The molecule has 0 unspecified atom stereocenters. The van der Waals surface area contributed by atoms with Crippen LogP contribution in [0.25, 0.3) is 67.6 Å². The molecule has 8 heterocycles. The molecule has 10 aromatic carbocycles. The van der Waals surface area contributed by atoms with Crippen LogP contribution in [-0.2, 0) is 23.9 Å². The largest absolute Gasteiger partial charge is 0.436 e. The van der Waals surface area contributed by atoms with Crippen LogP contribution in [0.15, 0.2) is 264 Å². The highest BCUT2D eigenvalue weighted by Gasteiger charge is 2.45. The summed E-state index contributed by atoms with van der Waals surface area (Å²) >= 11 is 0. The zero-order valence-electron chi connectivity index (χ0n) is 53.3. The van der Waals surface area contributed by atoms with Crippen molar-refractivity contribution in [3.63, 3.8) is 0 Å². The number of para-hydroxylation sites is 4. The fourth-order valence-corrected chi connectivity index (χ4v) is 14.3. The van der Waals surface area contributed by atoms with Crippen LogP contribution in [0, 0.1) is 0 Å². The number of pyridine rings is 2. The maximum Gasteiger partial charge on any atom is 0.252 e. The fourth-order valence-electron chi connectivity index (χ4n) is 14.3. The summed E-state index contributed by atoms with van der Waals surface area (Å²) in [6.07, 6.45) is 3.73. The number of oxazole rings is 2. The lowest BCUT2D eigenvalue weighted by Gasteiger charge is -2.45. The number of rotatable bonds is 8. The van der Waals surface area contributed by atoms with Gasteiger partial charge in [-0.3, -0.25) is 9.97 Å². The monoisotopic (exact) mass is 1250 g/mol. The second-order valence-electron chi connectivity index (χ2n) is 27.2. The van der Waals surface area contributed by atoms with Crippen molar-refractivity contribution in [2.45, 2.75) is 80.3 Å². The maximum atomic E-state index is 6.39. The normalized spacial score (nSPS) is 12.9. The highest BCUT2D eigenvalue weighted by molar-refractivity contribution is 7.01. The van der Waals surface area contributed by atoms with Crippen LogP contribution in [0.5, 0.6) is 0 Å². The van der Waals surface area contributed by atoms with Crippen LogP contribution < -0.4 is 53.2 Å². The van der Waals surface area contributed by atoms with E-state index in [2.05, 4.69) is 243 Å². The molecule has 0 saturated heterocycles. The van der Waals surface area contributed by atoms with E-state index in [4.69, 9.17) is 23.8 Å². The van der Waals surface area contributed by atoms with E-state index in [0.717, 1.165) is 91.7 Å². The Bertz CT molecular complexity index is 5170. The van der Waals surface area contributed by atoms with Crippen molar-refractivity contribution in [1.29, 1.82) is 0 Å². The third-order valence-corrected chi connectivity index (χ3v) is 19.1. The zero-order chi connectivity index (χ0) is 63.4. The Morgan fingerprint density at radius 3 is 1.23 bits per heavy atom. The lowest BCUT2D eigenvalue weighted by atomic mass is 9.33. The van der Waals surface area contributed by atoms with Crippen molar-refractivity contribution in [3.8, 4) is 45.4 Å². The minimum atomic E-state index is -0.0714. The smallest absolute Gasteiger partial charge is 0.252 e. The molecular weight excluding hydrogens is 1170 g/mol. The van der Waals surface area contributed by atoms with E-state index in [-0.39, 0.29) is 39.1 Å². The molecule has 12 heteroatoms. The SMILES string of the molecule is C.C.CC(C)(C)c1cc2c3c(c1)N(Cc1ccccc1)c1ccc(-c4nc5ccccc5o4)cc1B3c1cc(-c3ccccn3)ccc1N2Cc1ccccc1.CC(C)(C)c1cc2c3c(c1)Nc1ccc(-c4nc5ccccc5o4)cc1B3c1cc(-c3ccccn3)ccc1N2. The van der Waals surface area contributed by atoms with Gasteiger partial charge in [-0.05, 0) is 186 Å². The van der Waals surface area contributed by atoms with E-state index in [1.807, 2.05) is 79.1 Å². The van der Waals surface area contributed by atoms with Gasteiger partial charge in [-0.15, -0.1) is 0 Å². The Morgan fingerprint density at radius 2 is 0.760 bits per heavy atom. The molecule has 0 saturated carbocycles. The molecule has 0 radical (unpaired) electrons. The van der Waals surface area contributed by atoms with Gasteiger partial charge >= 0.3 is 0 Å². The molecule has 14 aromatic rings. The lowest BCUT2D eigenvalue weighted by Crippen LogP contribution is -2.62. The van der Waals surface area contributed by atoms with Crippen LogP contribution in [0.1, 0.15) is 78.6 Å². The molecule has 0 spiro atoms. The Morgan fingerprint density at radius 1 is 0.365 bits per heavy atom. The van der Waals surface area contributed by atoms with E-state index in [1.54, 1.807) is 0 Å². The molecule has 18 rings (SSSR count). The summed E-state index contributed by atoms with van der Waals surface area (Å²) in [7, 11) is 0. The molecule has 4 aliphatic rings. The highest BCUT2D eigenvalue weighted by Crippen LogP contribution is 2.44. The average Bonchev–Trinajstić information content (AvgIpc) is 0.811. The number of nitrogens with one attached hydrogen (secondary N) is 2. The first kappa shape index (κ1) is 61.0. The lowest BCUT2D eigenvalue weighted by molar-refractivity contribution is 0.590. The maximum absolute atomic E-state index is 6.39. The minimum Gasteiger partial charge on any atom is -0.436 e. The van der Waals surface area contributed by atoms with E-state index in [1.165, 1.54) is 77.8 Å². The summed E-state index contributed by atoms with van der Waals surface area (Å²) in [6, 6.07) is 86.2. The molecule has 96 heavy (non-hydrogen) atoms. The number of fused-ring (bicyclic) bond motifs is 10. The summed E-state index contributed by atoms with van der Waals surface area (Å²) in [5.74, 6) is 1.26. The van der Waals surface area contributed by atoms with Gasteiger partial charge in [-0.1, -0.05) is 190 Å². The number of hydrogen-bond donors (Lipinski definition) is 2. The second kappa shape index (κ2) is 24.0. The van der Waals surface area contributed by atoms with Crippen molar-refractivity contribution in [3.05, 3.63) is 277 Å². The Balaban J connectivity index is 0.000000161. The van der Waals surface area contributed by atoms with E-state index in [9.17, 15) is 0 Å². The van der Waals surface area contributed by atoms with Crippen molar-refractivity contribution >= 4 is 114 Å². The van der Waals surface area contributed by atoms with Crippen LogP contribution in [0.2, 0.25) is 0 Å². The summed E-state index contributed by atoms with van der Waals surface area (Å²) in [5, 5.41) is 7.55. The van der Waals surface area contributed by atoms with Gasteiger partial charge in [0.15, 0.2) is 11.2 Å². The molecule has 0 atom stereocenters. The topological polar surface area (TPSA) is 108 Å². The third kappa shape index (κ3) is 10.8. The van der Waals surface area contributed by atoms with Gasteiger partial charge in [0.05, 0.1) is 11.4 Å². The Kier molecular flexibility index (Phi) is 15.2. The molecule has 10 nitrogen and oxygen atoms in total. The van der Waals surface area contributed by atoms with E-state index in [0.29, 0.717) is 11.8 Å². The predicted molar refractivity (Wildman–Crippen MR) is 402 cm³/mol. The zero-order valence-corrected chi connectivity index (χ0v) is 53.3. The molecule has 0 bridgehead atoms. The number of aromatic nitrogens is 4. The molecule has 0 aliphatic carbocycles. The van der Waals surface area contributed by atoms with Gasteiger partial charge in [0.25, 0.3) is 13.4 Å². The second-order valence-corrected chi connectivity index (χ2v) is 27.2. The van der Waals surface area contributed by atoms with Crippen molar-refractivity contribution in [2.24, 2.45) is 0 Å². The molecular formula is C84H74B2N8O2. The quantitative estimate of drug-likeness (QED) is 0.143. The van der Waals surface area contributed by atoms with Crippen molar-refractivity contribution in [1.82, 2.24) is 19.9 Å². The predicted octanol–water partition coefficient (Wildman–Crippen LogP) is 17.4. The summed E-state index contributed by atoms with van der Waals surface area (Å²) < 4.78 is 12.6. The van der Waals surface area contributed by atoms with Crippen molar-refractivity contribution in [2.75, 3.05) is 20.4 Å². The summed E-state index contributed by atoms with van der Waals surface area (Å²) in [4.78, 5) is 24.2. The Labute approximate surface area is 563 Å². The average molecular weight is 1250 g/mol. The summed E-state index contributed by atoms with van der Waals surface area (Å²) in [6.45, 7) is 15.2. The first-order valence-corrected chi connectivity index (χ1v) is 32.5. The van der Waals surface area contributed by atoms with Gasteiger partial charge in [0.2, 0.25) is 11.8 Å². The van der Waals surface area contributed by atoms with Gasteiger partial charge < -0.3 is 29.3 Å². The van der Waals surface area contributed by atoms with Crippen LogP contribution >= 0.6 is 0 Å². The van der Waals surface area contributed by atoms with E-state index >= 15 is 0 Å². The van der Waals surface area contributed by atoms with Gasteiger partial charge in [0, 0.05) is 82.1 Å². The number of anilines is 8. The molecule has 468 valence electrons. The molecule has 4 aromatic heterocycles. The summed E-state index contributed by atoms with van der Waals surface area (Å²) in [5.41, 5.74) is 31.4. The molecule has 4 aliphatic heterocycles. The first-order chi connectivity index (χ1) is 45.8. The third-order valence-electron chi connectivity index (χ3n) is 19.1. The van der Waals surface area contributed by atoms with Gasteiger partial charge in [0.1, 0.15) is 11.0 Å². The highest BCUT2D eigenvalue weighted by atomic mass is 16.4. The number of hydrogen-bond acceptors (Lipinski definition) is 10. The Hall–Kier alpha value is -11.2. The minimum absolute atomic E-state index is 0. The molecule has 0 fully saturated rings. The van der Waals surface area contributed by atoms with Gasteiger partial charge in [-0.25, -0.2) is 9.97 Å².